The first-order chi connectivity index (χ1) is 8.75. The third kappa shape index (κ3) is 1.66. The van der Waals surface area contributed by atoms with Crippen LogP contribution in [0.4, 0.5) is 5.69 Å². The average molecular weight is 258 g/mol. The maximum Gasteiger partial charge on any atom is 0.0572 e. The number of rotatable bonds is 0. The lowest BCUT2D eigenvalue weighted by Gasteiger charge is -2.30. The normalized spacial score (nSPS) is 33.5. The lowest BCUT2D eigenvalue weighted by atomic mass is 9.77. The van der Waals surface area contributed by atoms with Crippen molar-refractivity contribution in [1.29, 1.82) is 0 Å². The number of hydrogen-bond donors (Lipinski definition) is 1. The molecule has 2 N–H and O–H groups in total. The highest BCUT2D eigenvalue weighted by Crippen LogP contribution is 2.54. The number of benzene rings is 1. The largest absolute Gasteiger partial charge is 0.307 e. The van der Waals surface area contributed by atoms with Crippen LogP contribution in [-0.2, 0) is 10.8 Å². The summed E-state index contributed by atoms with van der Waals surface area (Å²) in [7, 11) is 0. The van der Waals surface area contributed by atoms with Crippen LogP contribution in [0.25, 0.3) is 0 Å². The van der Waals surface area contributed by atoms with Gasteiger partial charge < -0.3 is 5.01 Å². The molecule has 2 nitrogen and oxygen atoms in total. The molecule has 2 aliphatic rings. The Balaban J connectivity index is 2.15. The van der Waals surface area contributed by atoms with Gasteiger partial charge in [0.15, 0.2) is 0 Å². The number of nitrogens with two attached hydrogens (primary N) is 1. The summed E-state index contributed by atoms with van der Waals surface area (Å²) in [4.78, 5) is 0. The summed E-state index contributed by atoms with van der Waals surface area (Å²) in [5.74, 6) is 7.08. The number of fused-ring (bicyclic) bond motifs is 3. The molecule has 0 aromatic heterocycles. The van der Waals surface area contributed by atoms with Crippen molar-refractivity contribution >= 4 is 5.69 Å². The van der Waals surface area contributed by atoms with Crippen molar-refractivity contribution in [3.8, 4) is 0 Å². The number of hydrogen-bond acceptors (Lipinski definition) is 2. The van der Waals surface area contributed by atoms with Crippen LogP contribution in [0.2, 0.25) is 0 Å². The first kappa shape index (κ1) is 13.0. The molecule has 1 saturated carbocycles. The molecule has 19 heavy (non-hydrogen) atoms. The van der Waals surface area contributed by atoms with Gasteiger partial charge in [-0.2, -0.15) is 0 Å². The molecular weight excluding hydrogens is 232 g/mol. The number of anilines is 1. The van der Waals surface area contributed by atoms with E-state index in [0.717, 1.165) is 0 Å². The zero-order valence-corrected chi connectivity index (χ0v) is 12.8. The van der Waals surface area contributed by atoms with Gasteiger partial charge in [0, 0.05) is 5.41 Å². The number of nitrogens with zero attached hydrogens (tertiary/aromatic N) is 1. The minimum absolute atomic E-state index is 0.202. The van der Waals surface area contributed by atoms with Gasteiger partial charge in [-0.15, -0.1) is 0 Å². The van der Waals surface area contributed by atoms with Crippen LogP contribution < -0.4 is 10.9 Å². The SMILES string of the molecule is CC1CCC2(C)c3cc(C(C)(C)C)ccc3N(N)C12. The van der Waals surface area contributed by atoms with E-state index in [1.165, 1.54) is 29.7 Å². The van der Waals surface area contributed by atoms with Crippen molar-refractivity contribution < 1.29 is 0 Å². The second kappa shape index (κ2) is 3.76. The standard InChI is InChI=1S/C17H26N2/c1-11-8-9-17(5)13-10-12(16(2,3)4)6-7-14(13)19(18)15(11)17/h6-7,10-11,15H,8-9,18H2,1-5H3. The molecule has 1 aromatic rings. The van der Waals surface area contributed by atoms with Crippen LogP contribution in [-0.4, -0.2) is 6.04 Å². The summed E-state index contributed by atoms with van der Waals surface area (Å²) < 4.78 is 0. The van der Waals surface area contributed by atoms with E-state index in [1.807, 2.05) is 5.01 Å². The Kier molecular flexibility index (Phi) is 2.57. The second-order valence-corrected chi connectivity index (χ2v) is 7.77. The predicted octanol–water partition coefficient (Wildman–Crippen LogP) is 3.73. The second-order valence-electron chi connectivity index (χ2n) is 7.77. The van der Waals surface area contributed by atoms with Gasteiger partial charge in [-0.05, 0) is 41.4 Å². The molecule has 1 aromatic carbocycles. The van der Waals surface area contributed by atoms with Crippen LogP contribution in [0.15, 0.2) is 18.2 Å². The third-order valence-electron chi connectivity index (χ3n) is 5.37. The summed E-state index contributed by atoms with van der Waals surface area (Å²) in [5, 5.41) is 2.04. The van der Waals surface area contributed by atoms with Crippen LogP contribution in [0.1, 0.15) is 58.6 Å². The van der Waals surface area contributed by atoms with Crippen LogP contribution in [0.3, 0.4) is 0 Å². The molecule has 0 amide bonds. The molecule has 1 heterocycles. The molecule has 0 radical (unpaired) electrons. The highest BCUT2D eigenvalue weighted by molar-refractivity contribution is 5.65. The van der Waals surface area contributed by atoms with Gasteiger partial charge in [0.05, 0.1) is 11.7 Å². The smallest absolute Gasteiger partial charge is 0.0572 e. The topological polar surface area (TPSA) is 29.3 Å². The summed E-state index contributed by atoms with van der Waals surface area (Å²) in [5.41, 5.74) is 4.57. The third-order valence-corrected chi connectivity index (χ3v) is 5.37. The summed E-state index contributed by atoms with van der Waals surface area (Å²) >= 11 is 0. The van der Waals surface area contributed by atoms with Crippen LogP contribution in [0, 0.1) is 5.92 Å². The fraction of sp³-hybridized carbons (Fsp3) is 0.647. The monoisotopic (exact) mass is 258 g/mol. The molecule has 1 fully saturated rings. The first-order valence-electron chi connectivity index (χ1n) is 7.44. The van der Waals surface area contributed by atoms with Crippen molar-refractivity contribution in [2.45, 2.75) is 64.3 Å². The van der Waals surface area contributed by atoms with Gasteiger partial charge in [0.1, 0.15) is 0 Å². The highest BCUT2D eigenvalue weighted by atomic mass is 15.4. The van der Waals surface area contributed by atoms with Crippen LogP contribution in [0.5, 0.6) is 0 Å². The van der Waals surface area contributed by atoms with Crippen molar-refractivity contribution in [3.05, 3.63) is 29.3 Å². The van der Waals surface area contributed by atoms with E-state index in [9.17, 15) is 0 Å². The van der Waals surface area contributed by atoms with E-state index in [2.05, 4.69) is 52.8 Å². The van der Waals surface area contributed by atoms with Crippen molar-refractivity contribution in [3.63, 3.8) is 0 Å². The zero-order chi connectivity index (χ0) is 14.0. The summed E-state index contributed by atoms with van der Waals surface area (Å²) in [6.07, 6.45) is 2.54. The molecule has 0 bridgehead atoms. The first-order valence-corrected chi connectivity index (χ1v) is 7.44. The van der Waals surface area contributed by atoms with E-state index < -0.39 is 0 Å². The van der Waals surface area contributed by atoms with E-state index in [1.54, 1.807) is 0 Å². The molecule has 3 atom stereocenters. The van der Waals surface area contributed by atoms with E-state index >= 15 is 0 Å². The Morgan fingerprint density at radius 1 is 1.32 bits per heavy atom. The van der Waals surface area contributed by atoms with Crippen LogP contribution >= 0.6 is 0 Å². The Bertz CT molecular complexity index is 514. The van der Waals surface area contributed by atoms with Gasteiger partial charge >= 0.3 is 0 Å². The maximum absolute atomic E-state index is 6.40. The molecule has 2 heteroatoms. The predicted molar refractivity (Wildman–Crippen MR) is 81.3 cm³/mol. The quantitative estimate of drug-likeness (QED) is 0.718. The average Bonchev–Trinajstić information content (AvgIpc) is 2.74. The highest BCUT2D eigenvalue weighted by Gasteiger charge is 2.53. The van der Waals surface area contributed by atoms with Gasteiger partial charge in [-0.25, -0.2) is 5.84 Å². The fourth-order valence-corrected chi connectivity index (χ4v) is 4.17. The molecule has 1 aliphatic carbocycles. The van der Waals surface area contributed by atoms with E-state index in [0.29, 0.717) is 12.0 Å². The zero-order valence-electron chi connectivity index (χ0n) is 12.8. The fourth-order valence-electron chi connectivity index (χ4n) is 4.17. The molecule has 3 unspecified atom stereocenters. The van der Waals surface area contributed by atoms with E-state index in [4.69, 9.17) is 5.84 Å². The van der Waals surface area contributed by atoms with Gasteiger partial charge in [0.2, 0.25) is 0 Å². The molecule has 1 aliphatic heterocycles. The lowest BCUT2D eigenvalue weighted by molar-refractivity contribution is 0.396. The van der Waals surface area contributed by atoms with Gasteiger partial charge in [-0.1, -0.05) is 46.8 Å². The molecule has 0 saturated heterocycles. The number of hydrazine groups is 1. The van der Waals surface area contributed by atoms with Crippen molar-refractivity contribution in [1.82, 2.24) is 0 Å². The molecule has 3 rings (SSSR count). The van der Waals surface area contributed by atoms with E-state index in [-0.39, 0.29) is 10.8 Å². The molecular formula is C17H26N2. The lowest BCUT2D eigenvalue weighted by Crippen LogP contribution is -2.46. The minimum Gasteiger partial charge on any atom is -0.307 e. The Hall–Kier alpha value is -1.02. The summed E-state index contributed by atoms with van der Waals surface area (Å²) in [6.45, 7) is 11.6. The van der Waals surface area contributed by atoms with Crippen molar-refractivity contribution in [2.75, 3.05) is 5.01 Å². The Morgan fingerprint density at radius 2 is 2.00 bits per heavy atom. The summed E-state index contributed by atoms with van der Waals surface area (Å²) in [6, 6.07) is 7.35. The van der Waals surface area contributed by atoms with Gasteiger partial charge in [-0.3, -0.25) is 0 Å². The maximum atomic E-state index is 6.40. The molecule has 0 spiro atoms. The Labute approximate surface area is 117 Å². The minimum atomic E-state index is 0.202. The molecule has 104 valence electrons. The Morgan fingerprint density at radius 3 is 2.63 bits per heavy atom. The van der Waals surface area contributed by atoms with Gasteiger partial charge in [0.25, 0.3) is 0 Å². The van der Waals surface area contributed by atoms with Crippen molar-refractivity contribution in [2.24, 2.45) is 11.8 Å².